The largest absolute Gasteiger partial charge is 0.389 e. The van der Waals surface area contributed by atoms with Crippen molar-refractivity contribution in [3.05, 3.63) is 0 Å². The van der Waals surface area contributed by atoms with Gasteiger partial charge in [-0.25, -0.2) is 0 Å². The molecule has 0 spiro atoms. The Labute approximate surface area is 106 Å². The first-order chi connectivity index (χ1) is 7.78. The lowest BCUT2D eigenvalue weighted by Gasteiger charge is -2.37. The highest BCUT2D eigenvalue weighted by Crippen LogP contribution is 2.22. The maximum absolute atomic E-state index is 9.98. The first-order valence-corrected chi connectivity index (χ1v) is 6.84. The van der Waals surface area contributed by atoms with Gasteiger partial charge in [0.15, 0.2) is 0 Å². The van der Waals surface area contributed by atoms with Crippen molar-refractivity contribution in [2.75, 3.05) is 19.7 Å². The number of rotatable bonds is 4. The summed E-state index contributed by atoms with van der Waals surface area (Å²) < 4.78 is 5.61. The van der Waals surface area contributed by atoms with E-state index in [4.69, 9.17) is 4.74 Å². The third-order valence-electron chi connectivity index (χ3n) is 3.43. The number of aliphatic hydroxyl groups excluding tert-OH is 1. The summed E-state index contributed by atoms with van der Waals surface area (Å²) in [6.45, 7) is 12.9. The number of aliphatic hydroxyl groups is 1. The van der Waals surface area contributed by atoms with E-state index >= 15 is 0 Å². The van der Waals surface area contributed by atoms with E-state index in [1.54, 1.807) is 0 Å². The molecule has 0 bridgehead atoms. The SMILES string of the molecule is C[C@H]1CCN(C[C@@H](O)COC(C)(C)C)[C@@H](C)C1. The van der Waals surface area contributed by atoms with Crippen molar-refractivity contribution in [1.82, 2.24) is 4.90 Å². The maximum Gasteiger partial charge on any atom is 0.0900 e. The summed E-state index contributed by atoms with van der Waals surface area (Å²) in [4.78, 5) is 2.39. The Morgan fingerprint density at radius 1 is 1.35 bits per heavy atom. The van der Waals surface area contributed by atoms with Crippen LogP contribution < -0.4 is 0 Å². The van der Waals surface area contributed by atoms with Gasteiger partial charge in [0.05, 0.1) is 18.3 Å². The average molecular weight is 243 g/mol. The van der Waals surface area contributed by atoms with E-state index < -0.39 is 0 Å². The van der Waals surface area contributed by atoms with Crippen LogP contribution in [0.3, 0.4) is 0 Å². The molecule has 1 rings (SSSR count). The van der Waals surface area contributed by atoms with Crippen LogP contribution in [-0.2, 0) is 4.74 Å². The summed E-state index contributed by atoms with van der Waals surface area (Å²) in [5.74, 6) is 0.823. The second kappa shape index (κ2) is 6.17. The predicted molar refractivity (Wildman–Crippen MR) is 71.1 cm³/mol. The van der Waals surface area contributed by atoms with Gasteiger partial charge in [0.1, 0.15) is 0 Å². The summed E-state index contributed by atoms with van der Waals surface area (Å²) >= 11 is 0. The molecule has 0 saturated carbocycles. The highest BCUT2D eigenvalue weighted by Gasteiger charge is 2.25. The molecular formula is C14H29NO2. The fourth-order valence-electron chi connectivity index (χ4n) is 2.40. The topological polar surface area (TPSA) is 32.7 Å². The summed E-state index contributed by atoms with van der Waals surface area (Å²) in [5, 5.41) is 9.98. The minimum atomic E-state index is -0.370. The molecule has 3 atom stereocenters. The zero-order valence-electron chi connectivity index (χ0n) is 12.1. The van der Waals surface area contributed by atoms with Gasteiger partial charge >= 0.3 is 0 Å². The molecule has 1 aliphatic heterocycles. The molecular weight excluding hydrogens is 214 g/mol. The van der Waals surface area contributed by atoms with Gasteiger partial charge in [-0.2, -0.15) is 0 Å². The zero-order valence-corrected chi connectivity index (χ0v) is 12.1. The van der Waals surface area contributed by atoms with Crippen LogP contribution in [0.1, 0.15) is 47.5 Å². The van der Waals surface area contributed by atoms with E-state index in [2.05, 4.69) is 18.7 Å². The molecule has 17 heavy (non-hydrogen) atoms. The normalized spacial score (nSPS) is 29.3. The van der Waals surface area contributed by atoms with Crippen molar-refractivity contribution >= 4 is 0 Å². The number of β-amino-alcohol motifs (C(OH)–C–C–N with tert-alkyl or cyclic N) is 1. The van der Waals surface area contributed by atoms with Crippen LogP contribution in [0.4, 0.5) is 0 Å². The molecule has 1 aliphatic rings. The van der Waals surface area contributed by atoms with Crippen molar-refractivity contribution in [2.24, 2.45) is 5.92 Å². The van der Waals surface area contributed by atoms with Gasteiger partial charge in [-0.05, 0) is 53.0 Å². The lowest BCUT2D eigenvalue weighted by atomic mass is 9.93. The number of nitrogens with zero attached hydrogens (tertiary/aromatic N) is 1. The van der Waals surface area contributed by atoms with Crippen LogP contribution in [-0.4, -0.2) is 47.4 Å². The van der Waals surface area contributed by atoms with Crippen LogP contribution in [0.25, 0.3) is 0 Å². The summed E-state index contributed by atoms with van der Waals surface area (Å²) in [6.07, 6.45) is 2.12. The van der Waals surface area contributed by atoms with E-state index in [-0.39, 0.29) is 11.7 Å². The highest BCUT2D eigenvalue weighted by molar-refractivity contribution is 4.78. The number of piperidine rings is 1. The molecule has 102 valence electrons. The highest BCUT2D eigenvalue weighted by atomic mass is 16.5. The summed E-state index contributed by atoms with van der Waals surface area (Å²) in [6, 6.07) is 0.586. The van der Waals surface area contributed by atoms with E-state index in [0.29, 0.717) is 12.6 Å². The van der Waals surface area contributed by atoms with Gasteiger partial charge in [0, 0.05) is 12.6 Å². The first-order valence-electron chi connectivity index (χ1n) is 6.84. The van der Waals surface area contributed by atoms with Crippen LogP contribution in [0.2, 0.25) is 0 Å². The standard InChI is InChI=1S/C14H29NO2/c1-11-6-7-15(12(2)8-11)9-13(16)10-17-14(3,4)5/h11-13,16H,6-10H2,1-5H3/t11-,12-,13+/m0/s1. The quantitative estimate of drug-likeness (QED) is 0.822. The number of hydrogen-bond acceptors (Lipinski definition) is 3. The van der Waals surface area contributed by atoms with Crippen LogP contribution >= 0.6 is 0 Å². The number of likely N-dealkylation sites (tertiary alicyclic amines) is 1. The Balaban J connectivity index is 2.28. The fraction of sp³-hybridized carbons (Fsp3) is 1.00. The Bertz CT molecular complexity index is 225. The molecule has 3 nitrogen and oxygen atoms in total. The Morgan fingerprint density at radius 2 is 2.00 bits per heavy atom. The molecule has 0 amide bonds. The van der Waals surface area contributed by atoms with Crippen LogP contribution in [0, 0.1) is 5.92 Å². The van der Waals surface area contributed by atoms with Crippen molar-refractivity contribution in [3.63, 3.8) is 0 Å². The number of ether oxygens (including phenoxy) is 1. The van der Waals surface area contributed by atoms with E-state index in [1.165, 1.54) is 12.8 Å². The summed E-state index contributed by atoms with van der Waals surface area (Å²) in [5.41, 5.74) is -0.164. The predicted octanol–water partition coefficient (Wildman–Crippen LogP) is 2.28. The summed E-state index contributed by atoms with van der Waals surface area (Å²) in [7, 11) is 0. The smallest absolute Gasteiger partial charge is 0.0900 e. The minimum absolute atomic E-state index is 0.164. The van der Waals surface area contributed by atoms with Crippen LogP contribution in [0.15, 0.2) is 0 Å². The lowest BCUT2D eigenvalue weighted by molar-refractivity contribution is -0.0612. The van der Waals surface area contributed by atoms with Gasteiger partial charge in [0.25, 0.3) is 0 Å². The van der Waals surface area contributed by atoms with E-state index in [9.17, 15) is 5.11 Å². The fourth-order valence-corrected chi connectivity index (χ4v) is 2.40. The monoisotopic (exact) mass is 243 g/mol. The average Bonchev–Trinajstić information content (AvgIpc) is 2.18. The second-order valence-corrected chi connectivity index (χ2v) is 6.55. The molecule has 0 aromatic rings. The van der Waals surface area contributed by atoms with Gasteiger partial charge in [0.2, 0.25) is 0 Å². The minimum Gasteiger partial charge on any atom is -0.389 e. The Morgan fingerprint density at radius 3 is 2.53 bits per heavy atom. The van der Waals surface area contributed by atoms with Crippen molar-refractivity contribution in [2.45, 2.75) is 65.2 Å². The Hall–Kier alpha value is -0.120. The molecule has 3 heteroatoms. The van der Waals surface area contributed by atoms with E-state index in [1.807, 2.05) is 20.8 Å². The van der Waals surface area contributed by atoms with Crippen LogP contribution in [0.5, 0.6) is 0 Å². The van der Waals surface area contributed by atoms with Gasteiger partial charge < -0.3 is 9.84 Å². The third kappa shape index (κ3) is 5.84. The molecule has 1 N–H and O–H groups in total. The molecule has 0 aromatic heterocycles. The van der Waals surface area contributed by atoms with Gasteiger partial charge in [-0.1, -0.05) is 6.92 Å². The molecule has 0 aromatic carbocycles. The number of hydrogen-bond donors (Lipinski definition) is 1. The maximum atomic E-state index is 9.98. The van der Waals surface area contributed by atoms with Crippen molar-refractivity contribution in [1.29, 1.82) is 0 Å². The Kier molecular flexibility index (Phi) is 5.42. The van der Waals surface area contributed by atoms with Gasteiger partial charge in [-0.15, -0.1) is 0 Å². The first kappa shape index (κ1) is 14.9. The zero-order chi connectivity index (χ0) is 13.1. The molecule has 1 saturated heterocycles. The van der Waals surface area contributed by atoms with Crippen molar-refractivity contribution in [3.8, 4) is 0 Å². The molecule has 1 heterocycles. The lowest BCUT2D eigenvalue weighted by Crippen LogP contribution is -2.45. The molecule has 0 unspecified atom stereocenters. The second-order valence-electron chi connectivity index (χ2n) is 6.55. The van der Waals surface area contributed by atoms with E-state index in [0.717, 1.165) is 19.0 Å². The molecule has 0 aliphatic carbocycles. The van der Waals surface area contributed by atoms with Crippen molar-refractivity contribution < 1.29 is 9.84 Å². The molecule has 0 radical (unpaired) electrons. The van der Waals surface area contributed by atoms with Gasteiger partial charge in [-0.3, -0.25) is 4.90 Å². The third-order valence-corrected chi connectivity index (χ3v) is 3.43. The molecule has 1 fully saturated rings.